The van der Waals surface area contributed by atoms with E-state index in [1.54, 1.807) is 37.3 Å². The fraction of sp³-hybridized carbons (Fsp3) is 0.278. The third-order valence-corrected chi connectivity index (χ3v) is 5.28. The monoisotopic (exact) mass is 378 g/mol. The van der Waals surface area contributed by atoms with Crippen LogP contribution in [0.15, 0.2) is 41.3 Å². The molecule has 140 valence electrons. The van der Waals surface area contributed by atoms with Crippen molar-refractivity contribution in [2.24, 2.45) is 0 Å². The molecule has 0 saturated carbocycles. The van der Waals surface area contributed by atoms with Gasteiger partial charge in [-0.2, -0.15) is 0 Å². The first-order chi connectivity index (χ1) is 12.3. The van der Waals surface area contributed by atoms with Crippen molar-refractivity contribution >= 4 is 21.6 Å². The van der Waals surface area contributed by atoms with Crippen molar-refractivity contribution in [2.75, 3.05) is 26.1 Å². The van der Waals surface area contributed by atoms with Gasteiger partial charge in [-0.25, -0.2) is 13.1 Å². The molecule has 0 aromatic heterocycles. The summed E-state index contributed by atoms with van der Waals surface area (Å²) >= 11 is 0. The summed E-state index contributed by atoms with van der Waals surface area (Å²) in [6.07, 6.45) is 0. The van der Waals surface area contributed by atoms with Crippen LogP contribution in [0.1, 0.15) is 11.1 Å². The molecular formula is C18H22N2O5S. The summed E-state index contributed by atoms with van der Waals surface area (Å²) in [5.74, 6) is 0.457. The number of hydrogen-bond donors (Lipinski definition) is 2. The number of sulfonamides is 1. The molecule has 2 aromatic rings. The average molecular weight is 378 g/mol. The normalized spacial score (nSPS) is 11.1. The SMILES string of the molecule is COc1ccc(OC)c(NC(=O)CNS(=O)(=O)c2ccc(C)cc2C)c1. The molecule has 1 amide bonds. The van der Waals surface area contributed by atoms with Crippen molar-refractivity contribution < 1.29 is 22.7 Å². The topological polar surface area (TPSA) is 93.7 Å². The Morgan fingerprint density at radius 3 is 2.38 bits per heavy atom. The van der Waals surface area contributed by atoms with E-state index in [9.17, 15) is 13.2 Å². The Balaban J connectivity index is 2.09. The van der Waals surface area contributed by atoms with Crippen molar-refractivity contribution in [3.8, 4) is 11.5 Å². The van der Waals surface area contributed by atoms with Crippen LogP contribution in [0.2, 0.25) is 0 Å². The van der Waals surface area contributed by atoms with Gasteiger partial charge < -0.3 is 14.8 Å². The number of nitrogens with one attached hydrogen (secondary N) is 2. The minimum absolute atomic E-state index is 0.148. The van der Waals surface area contributed by atoms with Crippen molar-refractivity contribution in [3.63, 3.8) is 0 Å². The van der Waals surface area contributed by atoms with Gasteiger partial charge >= 0.3 is 0 Å². The van der Waals surface area contributed by atoms with Gasteiger partial charge in [0.05, 0.1) is 31.3 Å². The number of aryl methyl sites for hydroxylation is 2. The third kappa shape index (κ3) is 4.74. The maximum Gasteiger partial charge on any atom is 0.241 e. The molecule has 2 N–H and O–H groups in total. The lowest BCUT2D eigenvalue weighted by Crippen LogP contribution is -2.33. The summed E-state index contributed by atoms with van der Waals surface area (Å²) in [5, 5.41) is 2.61. The van der Waals surface area contributed by atoms with Crippen LogP contribution >= 0.6 is 0 Å². The number of anilines is 1. The minimum Gasteiger partial charge on any atom is -0.497 e. The summed E-state index contributed by atoms with van der Waals surface area (Å²) in [6.45, 7) is 3.19. The van der Waals surface area contributed by atoms with E-state index in [1.165, 1.54) is 20.3 Å². The number of carbonyl (C=O) groups excluding carboxylic acids is 1. The van der Waals surface area contributed by atoms with Gasteiger partial charge in [0.15, 0.2) is 0 Å². The van der Waals surface area contributed by atoms with Crippen molar-refractivity contribution in [2.45, 2.75) is 18.7 Å². The Bertz CT molecular complexity index is 910. The lowest BCUT2D eigenvalue weighted by Gasteiger charge is -2.13. The lowest BCUT2D eigenvalue weighted by atomic mass is 10.2. The van der Waals surface area contributed by atoms with Gasteiger partial charge in [-0.05, 0) is 37.6 Å². The molecule has 0 spiro atoms. The second-order valence-electron chi connectivity index (χ2n) is 5.71. The largest absolute Gasteiger partial charge is 0.497 e. The smallest absolute Gasteiger partial charge is 0.241 e. The Hall–Kier alpha value is -2.58. The molecule has 0 unspecified atom stereocenters. The van der Waals surface area contributed by atoms with Gasteiger partial charge in [0.25, 0.3) is 0 Å². The zero-order chi connectivity index (χ0) is 19.3. The molecule has 0 bridgehead atoms. The molecule has 0 atom stereocenters. The Morgan fingerprint density at radius 2 is 1.77 bits per heavy atom. The summed E-state index contributed by atoms with van der Waals surface area (Å²) < 4.78 is 37.4. The van der Waals surface area contributed by atoms with Crippen LogP contribution in [0, 0.1) is 13.8 Å². The first kappa shape index (κ1) is 19.7. The zero-order valence-corrected chi connectivity index (χ0v) is 15.9. The van der Waals surface area contributed by atoms with Crippen LogP contribution in [-0.2, 0) is 14.8 Å². The summed E-state index contributed by atoms with van der Waals surface area (Å²) in [4.78, 5) is 12.3. The van der Waals surface area contributed by atoms with Gasteiger partial charge in [-0.1, -0.05) is 17.7 Å². The summed E-state index contributed by atoms with van der Waals surface area (Å²) in [7, 11) is -0.812. The van der Waals surface area contributed by atoms with Crippen molar-refractivity contribution in [1.29, 1.82) is 0 Å². The number of rotatable bonds is 7. The van der Waals surface area contributed by atoms with Crippen LogP contribution < -0.4 is 19.5 Å². The number of ether oxygens (including phenoxy) is 2. The third-order valence-electron chi connectivity index (χ3n) is 3.72. The maximum absolute atomic E-state index is 12.4. The number of amides is 1. The molecule has 2 aromatic carbocycles. The van der Waals surface area contributed by atoms with E-state index in [4.69, 9.17) is 9.47 Å². The highest BCUT2D eigenvalue weighted by molar-refractivity contribution is 7.89. The first-order valence-corrected chi connectivity index (χ1v) is 9.34. The number of methoxy groups -OCH3 is 2. The highest BCUT2D eigenvalue weighted by Crippen LogP contribution is 2.28. The first-order valence-electron chi connectivity index (χ1n) is 7.85. The van der Waals surface area contributed by atoms with Gasteiger partial charge in [-0.3, -0.25) is 4.79 Å². The van der Waals surface area contributed by atoms with Crippen LogP contribution in [0.5, 0.6) is 11.5 Å². The average Bonchev–Trinajstić information content (AvgIpc) is 2.59. The van der Waals surface area contributed by atoms with Gasteiger partial charge in [-0.15, -0.1) is 0 Å². The molecule has 26 heavy (non-hydrogen) atoms. The highest BCUT2D eigenvalue weighted by Gasteiger charge is 2.18. The Kier molecular flexibility index (Phi) is 6.23. The standard InChI is InChI=1S/C18H22N2O5S/c1-12-5-8-17(13(2)9-12)26(22,23)19-11-18(21)20-15-10-14(24-3)6-7-16(15)25-4/h5-10,19H,11H2,1-4H3,(H,20,21). The predicted molar refractivity (Wildman–Crippen MR) is 99.3 cm³/mol. The van der Waals surface area contributed by atoms with E-state index in [0.29, 0.717) is 22.7 Å². The number of benzene rings is 2. The number of carbonyl (C=O) groups is 1. The quantitative estimate of drug-likeness (QED) is 0.771. The molecule has 2 rings (SSSR count). The van der Waals surface area contributed by atoms with Gasteiger partial charge in [0.1, 0.15) is 11.5 Å². The van der Waals surface area contributed by atoms with Crippen LogP contribution in [0.25, 0.3) is 0 Å². The second-order valence-corrected chi connectivity index (χ2v) is 7.44. The highest BCUT2D eigenvalue weighted by atomic mass is 32.2. The fourth-order valence-corrected chi connectivity index (χ4v) is 3.65. The number of hydrogen-bond acceptors (Lipinski definition) is 5. The van der Waals surface area contributed by atoms with Crippen molar-refractivity contribution in [1.82, 2.24) is 4.72 Å². The molecule has 0 fully saturated rings. The zero-order valence-electron chi connectivity index (χ0n) is 15.1. The molecule has 8 heteroatoms. The van der Waals surface area contributed by atoms with E-state index in [1.807, 2.05) is 6.92 Å². The molecule has 0 aliphatic carbocycles. The van der Waals surface area contributed by atoms with E-state index in [0.717, 1.165) is 5.56 Å². The van der Waals surface area contributed by atoms with Gasteiger partial charge in [0.2, 0.25) is 15.9 Å². The van der Waals surface area contributed by atoms with Crippen LogP contribution in [-0.4, -0.2) is 35.1 Å². The predicted octanol–water partition coefficient (Wildman–Crippen LogP) is 2.24. The summed E-state index contributed by atoms with van der Waals surface area (Å²) in [5.41, 5.74) is 1.97. The fourth-order valence-electron chi connectivity index (χ4n) is 2.45. The van der Waals surface area contributed by atoms with Crippen LogP contribution in [0.4, 0.5) is 5.69 Å². The molecule has 0 radical (unpaired) electrons. The maximum atomic E-state index is 12.4. The van der Waals surface area contributed by atoms with E-state index in [-0.39, 0.29) is 4.90 Å². The van der Waals surface area contributed by atoms with E-state index >= 15 is 0 Å². The Labute approximate surface area is 153 Å². The van der Waals surface area contributed by atoms with Crippen LogP contribution in [0.3, 0.4) is 0 Å². The Morgan fingerprint density at radius 1 is 1.04 bits per heavy atom. The van der Waals surface area contributed by atoms with E-state index in [2.05, 4.69) is 10.0 Å². The molecule has 0 aliphatic rings. The lowest BCUT2D eigenvalue weighted by molar-refractivity contribution is -0.115. The summed E-state index contributed by atoms with van der Waals surface area (Å²) in [6, 6.07) is 9.94. The molecular weight excluding hydrogens is 356 g/mol. The molecule has 0 heterocycles. The van der Waals surface area contributed by atoms with Crippen molar-refractivity contribution in [3.05, 3.63) is 47.5 Å². The molecule has 0 aliphatic heterocycles. The molecule has 7 nitrogen and oxygen atoms in total. The van der Waals surface area contributed by atoms with Gasteiger partial charge in [0, 0.05) is 6.07 Å². The van der Waals surface area contributed by atoms with E-state index < -0.39 is 22.5 Å². The molecule has 0 saturated heterocycles. The second kappa shape index (κ2) is 8.20. The minimum atomic E-state index is -3.79.